The van der Waals surface area contributed by atoms with Gasteiger partial charge in [-0.05, 0) is 31.3 Å². The van der Waals surface area contributed by atoms with Crippen molar-refractivity contribution in [1.29, 1.82) is 0 Å². The Bertz CT molecular complexity index is 728. The minimum absolute atomic E-state index is 0.277. The second-order valence-electron chi connectivity index (χ2n) is 6.06. The molecular weight excluding hydrogens is 296 g/mol. The number of carboxylic acids is 1. The second kappa shape index (κ2) is 4.69. The molecule has 1 saturated heterocycles. The first-order valence-corrected chi connectivity index (χ1v) is 7.48. The molecule has 1 fully saturated rings. The van der Waals surface area contributed by atoms with Crippen LogP contribution < -0.4 is 16.0 Å². The van der Waals surface area contributed by atoms with Gasteiger partial charge < -0.3 is 21.1 Å². The fourth-order valence-electron chi connectivity index (χ4n) is 3.65. The number of aromatic carboxylic acids is 1. The van der Waals surface area contributed by atoms with E-state index in [-0.39, 0.29) is 5.56 Å². The van der Waals surface area contributed by atoms with Gasteiger partial charge in [0, 0.05) is 18.3 Å². The highest BCUT2D eigenvalue weighted by Crippen LogP contribution is 2.39. The molecule has 2 unspecified atom stereocenters. The third kappa shape index (κ3) is 1.84. The molecule has 3 heterocycles. The molecule has 0 radical (unpaired) electrons. The van der Waals surface area contributed by atoms with Crippen molar-refractivity contribution in [3.63, 3.8) is 0 Å². The number of aliphatic imine (C=N–C) groups is 2. The molecule has 0 amide bonds. The number of hydrogen-bond donors (Lipinski definition) is 3. The average Bonchev–Trinajstić information content (AvgIpc) is 2.71. The molecule has 0 saturated carbocycles. The largest absolute Gasteiger partial charge is 0.478 e. The zero-order valence-corrected chi connectivity index (χ0v) is 12.7. The molecule has 4 N–H and O–H groups in total. The fraction of sp³-hybridized carbons (Fsp3) is 0.400. The number of carbonyl (C=O) groups is 1. The maximum absolute atomic E-state index is 11.0. The predicted octanol–water partition coefficient (Wildman–Crippen LogP) is -0.468. The van der Waals surface area contributed by atoms with Gasteiger partial charge in [-0.3, -0.25) is 9.89 Å². The van der Waals surface area contributed by atoms with Crippen LogP contribution in [0.5, 0.6) is 0 Å². The molecule has 23 heavy (non-hydrogen) atoms. The molecule has 4 rings (SSSR count). The number of rotatable bonds is 2. The SMILES string of the molecule is CN1C2CN=C3NC(N)=NCC31N(c1ccc(C(=O)O)cc1)C2. The van der Waals surface area contributed by atoms with Crippen LogP contribution in [-0.4, -0.2) is 66.2 Å². The third-order valence-corrected chi connectivity index (χ3v) is 4.95. The molecule has 1 aromatic carbocycles. The second-order valence-corrected chi connectivity index (χ2v) is 6.06. The monoisotopic (exact) mass is 314 g/mol. The number of nitrogens with zero attached hydrogens (tertiary/aromatic N) is 4. The van der Waals surface area contributed by atoms with E-state index in [4.69, 9.17) is 10.8 Å². The first-order valence-electron chi connectivity index (χ1n) is 7.48. The Hall–Kier alpha value is -2.61. The van der Waals surface area contributed by atoms with Crippen LogP contribution in [0.2, 0.25) is 0 Å². The van der Waals surface area contributed by atoms with Crippen LogP contribution in [0, 0.1) is 0 Å². The Labute approximate surface area is 133 Å². The first-order chi connectivity index (χ1) is 11.0. The number of fused-ring (bicyclic) bond motifs is 1. The van der Waals surface area contributed by atoms with E-state index < -0.39 is 11.6 Å². The minimum Gasteiger partial charge on any atom is -0.478 e. The lowest BCUT2D eigenvalue weighted by molar-refractivity contribution is 0.0697. The third-order valence-electron chi connectivity index (χ3n) is 4.95. The number of amidine groups is 1. The Morgan fingerprint density at radius 2 is 2.13 bits per heavy atom. The van der Waals surface area contributed by atoms with Gasteiger partial charge in [-0.2, -0.15) is 0 Å². The van der Waals surface area contributed by atoms with Crippen molar-refractivity contribution in [2.24, 2.45) is 15.7 Å². The first kappa shape index (κ1) is 14.0. The summed E-state index contributed by atoms with van der Waals surface area (Å²) in [5.41, 5.74) is 6.56. The van der Waals surface area contributed by atoms with Crippen molar-refractivity contribution in [2.45, 2.75) is 11.7 Å². The lowest BCUT2D eigenvalue weighted by atomic mass is 10.0. The summed E-state index contributed by atoms with van der Waals surface area (Å²) in [7, 11) is 2.07. The molecule has 0 aliphatic carbocycles. The maximum atomic E-state index is 11.0. The van der Waals surface area contributed by atoms with Gasteiger partial charge in [-0.15, -0.1) is 0 Å². The Morgan fingerprint density at radius 1 is 1.39 bits per heavy atom. The highest BCUT2D eigenvalue weighted by atomic mass is 16.4. The summed E-state index contributed by atoms with van der Waals surface area (Å²) in [5.74, 6) is 0.267. The van der Waals surface area contributed by atoms with E-state index in [9.17, 15) is 4.79 Å². The Morgan fingerprint density at radius 3 is 2.83 bits per heavy atom. The highest BCUT2D eigenvalue weighted by Gasteiger charge is 2.57. The zero-order chi connectivity index (χ0) is 16.2. The molecule has 2 bridgehead atoms. The number of carboxylic acid groups (broad SMARTS) is 1. The smallest absolute Gasteiger partial charge is 0.335 e. The van der Waals surface area contributed by atoms with Crippen molar-refractivity contribution in [3.05, 3.63) is 29.8 Å². The van der Waals surface area contributed by atoms with Crippen molar-refractivity contribution in [1.82, 2.24) is 10.2 Å². The van der Waals surface area contributed by atoms with Crippen LogP contribution in [0.1, 0.15) is 10.4 Å². The number of guanidine groups is 1. The topological polar surface area (TPSA) is 107 Å². The summed E-state index contributed by atoms with van der Waals surface area (Å²) in [5, 5.41) is 12.2. The average molecular weight is 314 g/mol. The van der Waals surface area contributed by atoms with E-state index in [1.54, 1.807) is 12.1 Å². The van der Waals surface area contributed by atoms with Gasteiger partial charge >= 0.3 is 5.97 Å². The number of benzene rings is 1. The minimum atomic E-state index is -0.925. The number of hydrogen-bond acceptors (Lipinski definition) is 7. The molecule has 120 valence electrons. The van der Waals surface area contributed by atoms with Crippen LogP contribution >= 0.6 is 0 Å². The van der Waals surface area contributed by atoms with Crippen molar-refractivity contribution in [2.75, 3.05) is 31.6 Å². The lowest BCUT2D eigenvalue weighted by Crippen LogP contribution is -2.70. The van der Waals surface area contributed by atoms with Crippen LogP contribution in [0.25, 0.3) is 0 Å². The van der Waals surface area contributed by atoms with E-state index >= 15 is 0 Å². The van der Waals surface area contributed by atoms with Gasteiger partial charge in [0.05, 0.1) is 18.7 Å². The number of anilines is 1. The molecule has 3 aliphatic heterocycles. The normalized spacial score (nSPS) is 29.4. The van der Waals surface area contributed by atoms with Gasteiger partial charge in [-0.25, -0.2) is 9.79 Å². The van der Waals surface area contributed by atoms with E-state index in [1.165, 1.54) is 0 Å². The molecule has 0 aromatic heterocycles. The van der Waals surface area contributed by atoms with E-state index in [2.05, 4.69) is 32.1 Å². The quantitative estimate of drug-likeness (QED) is 0.681. The van der Waals surface area contributed by atoms with Crippen LogP contribution in [0.4, 0.5) is 5.69 Å². The summed E-state index contributed by atoms with van der Waals surface area (Å²) >= 11 is 0. The standard InChI is InChI=1S/C15H18N6O2/c1-20-11-6-17-13-15(20,8-18-14(16)19-13)21(7-11)10-4-2-9(3-5-10)12(22)23/h2-5,11H,6-8H2,1H3,(H,22,23)(H3,16,17,18,19). The van der Waals surface area contributed by atoms with Crippen LogP contribution in [0.15, 0.2) is 34.3 Å². The van der Waals surface area contributed by atoms with E-state index in [1.807, 2.05) is 12.1 Å². The van der Waals surface area contributed by atoms with Gasteiger partial charge in [0.25, 0.3) is 0 Å². The lowest BCUT2D eigenvalue weighted by Gasteiger charge is -2.47. The van der Waals surface area contributed by atoms with Crippen molar-refractivity contribution in [3.8, 4) is 0 Å². The van der Waals surface area contributed by atoms with Crippen LogP contribution in [-0.2, 0) is 0 Å². The van der Waals surface area contributed by atoms with Crippen molar-refractivity contribution < 1.29 is 9.90 Å². The molecule has 1 aromatic rings. The van der Waals surface area contributed by atoms with Gasteiger partial charge in [-0.1, -0.05) is 0 Å². The van der Waals surface area contributed by atoms with E-state index in [0.717, 1.165) is 18.1 Å². The molecule has 2 atom stereocenters. The number of nitrogens with two attached hydrogens (primary N) is 1. The predicted molar refractivity (Wildman–Crippen MR) is 87.0 cm³/mol. The van der Waals surface area contributed by atoms with Gasteiger partial charge in [0.15, 0.2) is 11.6 Å². The summed E-state index contributed by atoms with van der Waals surface area (Å²) in [4.78, 5) is 24.6. The molecule has 8 heteroatoms. The molecule has 3 aliphatic rings. The summed E-state index contributed by atoms with van der Waals surface area (Å²) in [6, 6.07) is 7.23. The summed E-state index contributed by atoms with van der Waals surface area (Å²) in [6.45, 7) is 2.02. The maximum Gasteiger partial charge on any atom is 0.335 e. The number of nitrogens with one attached hydrogen (secondary N) is 1. The molecule has 1 spiro atoms. The molecular formula is C15H18N6O2. The Kier molecular flexibility index (Phi) is 2.86. The van der Waals surface area contributed by atoms with E-state index in [0.29, 0.717) is 25.1 Å². The van der Waals surface area contributed by atoms with Gasteiger partial charge in [0.2, 0.25) is 0 Å². The Balaban J connectivity index is 1.77. The summed E-state index contributed by atoms with van der Waals surface area (Å²) < 4.78 is 0. The number of likely N-dealkylation sites (N-methyl/N-ethyl adjacent to an activating group) is 1. The highest BCUT2D eigenvalue weighted by molar-refractivity contribution is 6.08. The molecule has 8 nitrogen and oxygen atoms in total. The zero-order valence-electron chi connectivity index (χ0n) is 12.7. The fourth-order valence-corrected chi connectivity index (χ4v) is 3.65. The van der Waals surface area contributed by atoms with Crippen LogP contribution in [0.3, 0.4) is 0 Å². The van der Waals surface area contributed by atoms with Gasteiger partial charge in [0.1, 0.15) is 5.84 Å². The summed E-state index contributed by atoms with van der Waals surface area (Å²) in [6.07, 6.45) is 0. The van der Waals surface area contributed by atoms with Crippen molar-refractivity contribution >= 4 is 23.5 Å².